The highest BCUT2D eigenvalue weighted by atomic mass is 16.7. The molecule has 4 saturated carbocycles. The van der Waals surface area contributed by atoms with Crippen molar-refractivity contribution in [1.29, 1.82) is 0 Å². The van der Waals surface area contributed by atoms with Gasteiger partial charge >= 0.3 is 0 Å². The van der Waals surface area contributed by atoms with E-state index in [2.05, 4.69) is 0 Å². The van der Waals surface area contributed by atoms with Crippen molar-refractivity contribution in [3.05, 3.63) is 0 Å². The van der Waals surface area contributed by atoms with Gasteiger partial charge in [0.05, 0.1) is 11.0 Å². The van der Waals surface area contributed by atoms with Crippen molar-refractivity contribution in [2.75, 3.05) is 0 Å². The van der Waals surface area contributed by atoms with E-state index in [-0.39, 0.29) is 19.3 Å². The Morgan fingerprint density at radius 3 is 2.07 bits per heavy atom. The summed E-state index contributed by atoms with van der Waals surface area (Å²) < 4.78 is 6.01. The molecule has 0 aromatic rings. The summed E-state index contributed by atoms with van der Waals surface area (Å²) in [6, 6.07) is 0. The maximum atomic E-state index is 12.1. The molecular weight excluding hydrogens is 352 g/mol. The van der Waals surface area contributed by atoms with Gasteiger partial charge in [0.1, 0.15) is 28.5 Å². The molecule has 7 nitrogen and oxygen atoms in total. The zero-order chi connectivity index (χ0) is 20.3. The molecule has 1 heterocycles. The first-order chi connectivity index (χ1) is 12.1. The molecule has 7 heteroatoms. The quantitative estimate of drug-likeness (QED) is 0.364. The largest absolute Gasteiger partial charge is 0.389 e. The minimum absolute atomic E-state index is 0.174. The fourth-order valence-corrected chi connectivity index (χ4v) is 8.54. The molecule has 1 aliphatic heterocycles. The fourth-order valence-electron chi connectivity index (χ4n) is 8.54. The third kappa shape index (κ3) is 1.20. The molecule has 5 aliphatic rings. The topological polar surface area (TPSA) is 131 Å². The Morgan fingerprint density at radius 2 is 1.52 bits per heavy atom. The number of fused-ring (bicyclic) bond motifs is 3. The summed E-state index contributed by atoms with van der Waals surface area (Å²) in [5.41, 5.74) is -12.4. The third-order valence-electron chi connectivity index (χ3n) is 10.4. The standard InChI is InChI=1S/C20H32O7/c1-10(2)15(21)9-17(23)13(4)8-18(24)14(15,5)20(17,26)12(27-18)19(25)11(3)6-7-16(13,19)22/h10-12,21-26H,6-9H2,1-5H3/t11-,12-,13+,14-,15+,16+,17-,18+,19-,20-/m1/s1. The highest BCUT2D eigenvalue weighted by Crippen LogP contribution is 2.85. The Labute approximate surface area is 159 Å². The van der Waals surface area contributed by atoms with E-state index in [1.54, 1.807) is 34.6 Å². The first-order valence-corrected chi connectivity index (χ1v) is 10.1. The number of hydrogen-bond donors (Lipinski definition) is 6. The lowest BCUT2D eigenvalue weighted by atomic mass is 9.38. The van der Waals surface area contributed by atoms with Crippen LogP contribution in [0.4, 0.5) is 0 Å². The fraction of sp³-hybridized carbons (Fsp3) is 1.00. The van der Waals surface area contributed by atoms with Gasteiger partial charge in [-0.15, -0.1) is 0 Å². The van der Waals surface area contributed by atoms with Crippen molar-refractivity contribution < 1.29 is 35.4 Å². The summed E-state index contributed by atoms with van der Waals surface area (Å²) in [5.74, 6) is -2.80. The number of ether oxygens (including phenoxy) is 1. The molecule has 5 rings (SSSR count). The second kappa shape index (κ2) is 4.13. The van der Waals surface area contributed by atoms with E-state index in [0.29, 0.717) is 6.42 Å². The van der Waals surface area contributed by atoms with Crippen molar-refractivity contribution >= 4 is 0 Å². The number of rotatable bonds is 1. The third-order valence-corrected chi connectivity index (χ3v) is 10.4. The van der Waals surface area contributed by atoms with E-state index >= 15 is 0 Å². The van der Waals surface area contributed by atoms with E-state index in [9.17, 15) is 30.6 Å². The van der Waals surface area contributed by atoms with Gasteiger partial charge in [-0.05, 0) is 31.6 Å². The van der Waals surface area contributed by atoms with Crippen LogP contribution in [0.5, 0.6) is 0 Å². The maximum Gasteiger partial charge on any atom is 0.178 e. The normalized spacial score (nSPS) is 71.6. The molecule has 4 aliphatic carbocycles. The van der Waals surface area contributed by atoms with Gasteiger partial charge in [0.25, 0.3) is 0 Å². The van der Waals surface area contributed by atoms with Crippen LogP contribution in [0.1, 0.15) is 60.3 Å². The predicted octanol–water partition coefficient (Wildman–Crippen LogP) is -0.351. The Balaban J connectivity index is 1.92. The average molecular weight is 384 g/mol. The molecule has 5 bridgehead atoms. The SMILES string of the molecule is CC(C)[C@@]1(O)C[C@@]2(O)[C@@]3(C)C[C@]4(O)O[C@H]([C@]5(O)[C@H](C)CC[C@@]53O)[C@@]2(O)[C@@]41C. The molecule has 5 fully saturated rings. The van der Waals surface area contributed by atoms with Gasteiger partial charge in [0.15, 0.2) is 5.79 Å². The average Bonchev–Trinajstić information content (AvgIpc) is 2.92. The second-order valence-electron chi connectivity index (χ2n) is 10.9. The summed E-state index contributed by atoms with van der Waals surface area (Å²) in [7, 11) is 0. The van der Waals surface area contributed by atoms with Crippen LogP contribution in [-0.2, 0) is 4.74 Å². The van der Waals surface area contributed by atoms with E-state index in [1.165, 1.54) is 0 Å². The molecule has 0 aromatic carbocycles. The van der Waals surface area contributed by atoms with Crippen LogP contribution in [-0.4, -0.2) is 70.5 Å². The number of hydrogen-bond acceptors (Lipinski definition) is 7. The molecule has 10 atom stereocenters. The van der Waals surface area contributed by atoms with E-state index in [1.807, 2.05) is 0 Å². The molecule has 0 amide bonds. The van der Waals surface area contributed by atoms with E-state index < -0.39 is 62.6 Å². The van der Waals surface area contributed by atoms with Gasteiger partial charge < -0.3 is 35.4 Å². The van der Waals surface area contributed by atoms with Crippen LogP contribution in [0.15, 0.2) is 0 Å². The van der Waals surface area contributed by atoms with Crippen molar-refractivity contribution in [1.82, 2.24) is 0 Å². The Morgan fingerprint density at radius 1 is 0.926 bits per heavy atom. The van der Waals surface area contributed by atoms with Gasteiger partial charge in [0.2, 0.25) is 0 Å². The molecule has 154 valence electrons. The van der Waals surface area contributed by atoms with E-state index in [0.717, 1.165) is 0 Å². The monoisotopic (exact) mass is 384 g/mol. The van der Waals surface area contributed by atoms with Crippen LogP contribution in [0.3, 0.4) is 0 Å². The van der Waals surface area contributed by atoms with Gasteiger partial charge in [-0.1, -0.05) is 27.7 Å². The van der Waals surface area contributed by atoms with Crippen LogP contribution in [0.2, 0.25) is 0 Å². The molecular formula is C20H32O7. The molecule has 0 unspecified atom stereocenters. The van der Waals surface area contributed by atoms with Crippen LogP contribution < -0.4 is 0 Å². The second-order valence-corrected chi connectivity index (χ2v) is 10.9. The number of aliphatic hydroxyl groups is 6. The minimum atomic E-state index is -2.11. The van der Waals surface area contributed by atoms with Gasteiger partial charge in [-0.3, -0.25) is 0 Å². The Kier molecular flexibility index (Phi) is 2.86. The first kappa shape index (κ1) is 18.7. The molecule has 1 saturated heterocycles. The summed E-state index contributed by atoms with van der Waals surface area (Å²) in [4.78, 5) is 0. The summed E-state index contributed by atoms with van der Waals surface area (Å²) in [6.07, 6.45) is -1.04. The lowest BCUT2D eigenvalue weighted by Gasteiger charge is -2.69. The van der Waals surface area contributed by atoms with Crippen molar-refractivity contribution in [3.63, 3.8) is 0 Å². The lowest BCUT2D eigenvalue weighted by molar-refractivity contribution is -0.382. The Bertz CT molecular complexity index is 759. The van der Waals surface area contributed by atoms with E-state index in [4.69, 9.17) is 4.74 Å². The predicted molar refractivity (Wildman–Crippen MR) is 93.3 cm³/mol. The van der Waals surface area contributed by atoms with Gasteiger partial charge in [0, 0.05) is 18.3 Å². The summed E-state index contributed by atoms with van der Waals surface area (Å²) in [6.45, 7) is 8.51. The molecule has 6 N–H and O–H groups in total. The first-order valence-electron chi connectivity index (χ1n) is 10.1. The van der Waals surface area contributed by atoms with Crippen molar-refractivity contribution in [3.8, 4) is 0 Å². The van der Waals surface area contributed by atoms with Crippen molar-refractivity contribution in [2.24, 2.45) is 22.7 Å². The minimum Gasteiger partial charge on any atom is -0.389 e. The van der Waals surface area contributed by atoms with Gasteiger partial charge in [-0.25, -0.2) is 0 Å². The summed E-state index contributed by atoms with van der Waals surface area (Å²) in [5, 5.41) is 71.2. The molecule has 0 radical (unpaired) electrons. The highest BCUT2D eigenvalue weighted by Gasteiger charge is 3.01. The molecule has 0 spiro atoms. The highest BCUT2D eigenvalue weighted by molar-refractivity contribution is 5.49. The lowest BCUT2D eigenvalue weighted by Crippen LogP contribution is -2.88. The zero-order valence-corrected chi connectivity index (χ0v) is 16.7. The maximum absolute atomic E-state index is 12.1. The molecule has 0 aromatic heterocycles. The van der Waals surface area contributed by atoms with Crippen LogP contribution >= 0.6 is 0 Å². The van der Waals surface area contributed by atoms with Crippen LogP contribution in [0.25, 0.3) is 0 Å². The van der Waals surface area contributed by atoms with Crippen molar-refractivity contribution in [2.45, 2.75) is 100 Å². The van der Waals surface area contributed by atoms with Gasteiger partial charge in [-0.2, -0.15) is 0 Å². The zero-order valence-electron chi connectivity index (χ0n) is 16.7. The molecule has 27 heavy (non-hydrogen) atoms. The van der Waals surface area contributed by atoms with Crippen LogP contribution in [0, 0.1) is 22.7 Å². The summed E-state index contributed by atoms with van der Waals surface area (Å²) >= 11 is 0. The smallest absolute Gasteiger partial charge is 0.178 e. The Hall–Kier alpha value is -0.280.